The molecule has 0 aliphatic rings. The van der Waals surface area contributed by atoms with Gasteiger partial charge < -0.3 is 19.4 Å². The molecule has 1 amide bonds. The molecule has 0 saturated carbocycles. The zero-order valence-electron chi connectivity index (χ0n) is 13.8. The van der Waals surface area contributed by atoms with Gasteiger partial charge in [-0.15, -0.1) is 0 Å². The van der Waals surface area contributed by atoms with Crippen molar-refractivity contribution in [3.05, 3.63) is 35.3 Å². The Morgan fingerprint density at radius 3 is 2.48 bits per heavy atom. The minimum atomic E-state index is -0.305. The molecule has 1 aromatic carbocycles. The van der Waals surface area contributed by atoms with Crippen molar-refractivity contribution in [1.29, 1.82) is 0 Å². The Kier molecular flexibility index (Phi) is 6.12. The van der Waals surface area contributed by atoms with Gasteiger partial charge in [0.05, 0.1) is 19.6 Å². The Balaban J connectivity index is 2.20. The summed E-state index contributed by atoms with van der Waals surface area (Å²) >= 11 is 0. The first-order chi connectivity index (χ1) is 11.1. The first-order valence-electron chi connectivity index (χ1n) is 7.59. The summed E-state index contributed by atoms with van der Waals surface area (Å²) in [6.07, 6.45) is 0.225. The van der Waals surface area contributed by atoms with Crippen molar-refractivity contribution in [1.82, 2.24) is 9.88 Å². The van der Waals surface area contributed by atoms with E-state index >= 15 is 0 Å². The predicted molar refractivity (Wildman–Crippen MR) is 87.0 cm³/mol. The Hall–Kier alpha value is -1.92. The fourth-order valence-electron chi connectivity index (χ4n) is 2.61. The lowest BCUT2D eigenvalue weighted by Crippen LogP contribution is -2.37. The van der Waals surface area contributed by atoms with Crippen molar-refractivity contribution in [3.63, 3.8) is 0 Å². The molecular weight excluding hydrogens is 299 g/mol. The maximum atomic E-state index is 13.5. The number of nitrogens with one attached hydrogen (secondary N) is 1. The number of aryl methyl sites for hydroxylation is 1. The number of H-pyrrole nitrogens is 1. The highest BCUT2D eigenvalue weighted by molar-refractivity contribution is 5.90. The van der Waals surface area contributed by atoms with Crippen LogP contribution in [-0.2, 0) is 20.7 Å². The SMILES string of the molecule is COCCN(CCOC)C(=O)Cc1c(C)[nH]c2ccc(F)cc12. The average Bonchev–Trinajstić information content (AvgIpc) is 2.83. The molecule has 1 N–H and O–H groups in total. The number of hydrogen-bond donors (Lipinski definition) is 1. The number of hydrogen-bond acceptors (Lipinski definition) is 3. The van der Waals surface area contributed by atoms with Crippen molar-refractivity contribution in [2.75, 3.05) is 40.5 Å². The maximum absolute atomic E-state index is 13.5. The molecule has 0 fully saturated rings. The molecule has 0 aliphatic carbocycles. The molecule has 6 heteroatoms. The number of ether oxygens (including phenoxy) is 2. The van der Waals surface area contributed by atoms with E-state index in [0.717, 1.165) is 22.2 Å². The molecule has 2 aromatic rings. The standard InChI is InChI=1S/C17H23FN2O3/c1-12-14(15-10-13(18)4-5-16(15)19-12)11-17(21)20(6-8-22-2)7-9-23-3/h4-5,10,19H,6-9,11H2,1-3H3. The van der Waals surface area contributed by atoms with Crippen molar-refractivity contribution >= 4 is 16.8 Å². The normalized spacial score (nSPS) is 11.1. The molecule has 1 aromatic heterocycles. The highest BCUT2D eigenvalue weighted by Crippen LogP contribution is 2.24. The fraction of sp³-hybridized carbons (Fsp3) is 0.471. The van der Waals surface area contributed by atoms with E-state index in [1.807, 2.05) is 6.92 Å². The molecule has 5 nitrogen and oxygen atoms in total. The monoisotopic (exact) mass is 322 g/mol. The summed E-state index contributed by atoms with van der Waals surface area (Å²) in [7, 11) is 3.21. The van der Waals surface area contributed by atoms with Crippen LogP contribution in [0.4, 0.5) is 4.39 Å². The van der Waals surface area contributed by atoms with Gasteiger partial charge in [0, 0.05) is 43.9 Å². The molecular formula is C17H23FN2O3. The van der Waals surface area contributed by atoms with Crippen LogP contribution in [0.25, 0.3) is 10.9 Å². The van der Waals surface area contributed by atoms with E-state index in [1.165, 1.54) is 12.1 Å². The van der Waals surface area contributed by atoms with Crippen molar-refractivity contribution in [3.8, 4) is 0 Å². The summed E-state index contributed by atoms with van der Waals surface area (Å²) in [4.78, 5) is 17.5. The second kappa shape index (κ2) is 8.08. The number of nitrogens with zero attached hydrogens (tertiary/aromatic N) is 1. The van der Waals surface area contributed by atoms with Gasteiger partial charge in [0.2, 0.25) is 5.91 Å². The number of methoxy groups -OCH3 is 2. The van der Waals surface area contributed by atoms with Gasteiger partial charge in [-0.3, -0.25) is 4.79 Å². The van der Waals surface area contributed by atoms with Crippen LogP contribution in [-0.4, -0.2) is 56.3 Å². The van der Waals surface area contributed by atoms with E-state index in [4.69, 9.17) is 9.47 Å². The lowest BCUT2D eigenvalue weighted by atomic mass is 10.1. The minimum Gasteiger partial charge on any atom is -0.383 e. The van der Waals surface area contributed by atoms with Crippen LogP contribution < -0.4 is 0 Å². The second-order valence-corrected chi connectivity index (χ2v) is 5.46. The zero-order valence-corrected chi connectivity index (χ0v) is 13.8. The summed E-state index contributed by atoms with van der Waals surface area (Å²) in [5.41, 5.74) is 2.56. The lowest BCUT2D eigenvalue weighted by molar-refractivity contribution is -0.131. The van der Waals surface area contributed by atoms with Crippen molar-refractivity contribution in [2.24, 2.45) is 0 Å². The third kappa shape index (κ3) is 4.30. The Morgan fingerprint density at radius 1 is 1.22 bits per heavy atom. The minimum absolute atomic E-state index is 0.0210. The van der Waals surface area contributed by atoms with E-state index in [9.17, 15) is 9.18 Å². The van der Waals surface area contributed by atoms with Crippen LogP contribution in [0.1, 0.15) is 11.3 Å². The Morgan fingerprint density at radius 2 is 1.87 bits per heavy atom. The fourth-order valence-corrected chi connectivity index (χ4v) is 2.61. The summed E-state index contributed by atoms with van der Waals surface area (Å²) in [5, 5.41) is 0.759. The maximum Gasteiger partial charge on any atom is 0.227 e. The van der Waals surface area contributed by atoms with Crippen molar-refractivity contribution < 1.29 is 18.7 Å². The molecule has 0 bridgehead atoms. The van der Waals surface area contributed by atoms with E-state index in [0.29, 0.717) is 26.3 Å². The predicted octanol–water partition coefficient (Wildman–Crippen LogP) is 2.28. The quantitative estimate of drug-likeness (QED) is 0.811. The van der Waals surface area contributed by atoms with Gasteiger partial charge in [0.1, 0.15) is 5.82 Å². The largest absolute Gasteiger partial charge is 0.383 e. The number of benzene rings is 1. The summed E-state index contributed by atoms with van der Waals surface area (Å²) < 4.78 is 23.6. The van der Waals surface area contributed by atoms with Crippen molar-refractivity contribution in [2.45, 2.75) is 13.3 Å². The first kappa shape index (κ1) is 17.4. The molecule has 126 valence electrons. The molecule has 0 saturated heterocycles. The highest BCUT2D eigenvalue weighted by Gasteiger charge is 2.18. The molecule has 0 radical (unpaired) electrons. The second-order valence-electron chi connectivity index (χ2n) is 5.46. The van der Waals surface area contributed by atoms with E-state index in [2.05, 4.69) is 4.98 Å². The van der Waals surface area contributed by atoms with Gasteiger partial charge in [0.25, 0.3) is 0 Å². The number of fused-ring (bicyclic) bond motifs is 1. The van der Waals surface area contributed by atoms with Crippen LogP contribution in [0.5, 0.6) is 0 Å². The molecule has 0 spiro atoms. The summed E-state index contributed by atoms with van der Waals surface area (Å²) in [6.45, 7) is 3.85. The number of carbonyl (C=O) groups excluding carboxylic acids is 1. The van der Waals surface area contributed by atoms with Gasteiger partial charge in [-0.1, -0.05) is 0 Å². The van der Waals surface area contributed by atoms with Crippen LogP contribution >= 0.6 is 0 Å². The van der Waals surface area contributed by atoms with E-state index in [1.54, 1.807) is 25.2 Å². The topological polar surface area (TPSA) is 54.6 Å². The number of carbonyl (C=O) groups is 1. The molecule has 0 atom stereocenters. The van der Waals surface area contributed by atoms with Gasteiger partial charge in [-0.2, -0.15) is 0 Å². The molecule has 0 unspecified atom stereocenters. The van der Waals surface area contributed by atoms with Crippen LogP contribution in [0, 0.1) is 12.7 Å². The number of aromatic nitrogens is 1. The van der Waals surface area contributed by atoms with Crippen LogP contribution in [0.15, 0.2) is 18.2 Å². The highest BCUT2D eigenvalue weighted by atomic mass is 19.1. The lowest BCUT2D eigenvalue weighted by Gasteiger charge is -2.22. The number of halogens is 1. The van der Waals surface area contributed by atoms with Gasteiger partial charge in [-0.05, 0) is 30.7 Å². The van der Waals surface area contributed by atoms with Gasteiger partial charge in [-0.25, -0.2) is 4.39 Å². The zero-order chi connectivity index (χ0) is 16.8. The van der Waals surface area contributed by atoms with Gasteiger partial charge in [0.15, 0.2) is 0 Å². The third-order valence-corrected chi connectivity index (χ3v) is 3.89. The molecule has 23 heavy (non-hydrogen) atoms. The summed E-state index contributed by atoms with van der Waals surface area (Å²) in [6, 6.07) is 4.57. The Bertz CT molecular complexity index is 661. The van der Waals surface area contributed by atoms with E-state index in [-0.39, 0.29) is 18.1 Å². The molecule has 2 rings (SSSR count). The van der Waals surface area contributed by atoms with Crippen LogP contribution in [0.2, 0.25) is 0 Å². The number of amides is 1. The number of aromatic amines is 1. The molecule has 1 heterocycles. The van der Waals surface area contributed by atoms with Crippen LogP contribution in [0.3, 0.4) is 0 Å². The van der Waals surface area contributed by atoms with E-state index < -0.39 is 0 Å². The first-order valence-corrected chi connectivity index (χ1v) is 7.59. The Labute approximate surface area is 135 Å². The average molecular weight is 322 g/mol. The molecule has 0 aliphatic heterocycles. The summed E-state index contributed by atoms with van der Waals surface area (Å²) in [5.74, 6) is -0.326. The number of rotatable bonds is 8. The third-order valence-electron chi connectivity index (χ3n) is 3.89. The van der Waals surface area contributed by atoms with Gasteiger partial charge >= 0.3 is 0 Å². The smallest absolute Gasteiger partial charge is 0.227 e.